The van der Waals surface area contributed by atoms with E-state index in [4.69, 9.17) is 10.00 Å². The standard InChI is InChI=1S/C21H19N5O3/c1-26-12-11-23-19(26)9-10-24-20(27)21(28)25-16-5-7-17(8-6-16)29-18-4-2-3-15(13-18)14-22/h2-8,11-13H,9-10H2,1H3,(H,24,27)(H,25,28). The van der Waals surface area contributed by atoms with Gasteiger partial charge in [-0.1, -0.05) is 6.07 Å². The Balaban J connectivity index is 1.49. The van der Waals surface area contributed by atoms with Crippen molar-refractivity contribution in [2.24, 2.45) is 7.05 Å². The highest BCUT2D eigenvalue weighted by molar-refractivity contribution is 6.39. The Kier molecular flexibility index (Phi) is 6.22. The van der Waals surface area contributed by atoms with Gasteiger partial charge < -0.3 is 19.9 Å². The van der Waals surface area contributed by atoms with Crippen LogP contribution in [0.5, 0.6) is 11.5 Å². The van der Waals surface area contributed by atoms with Crippen LogP contribution in [-0.4, -0.2) is 27.9 Å². The smallest absolute Gasteiger partial charge is 0.313 e. The highest BCUT2D eigenvalue weighted by Crippen LogP contribution is 2.23. The molecule has 0 fully saturated rings. The van der Waals surface area contributed by atoms with Crippen molar-refractivity contribution in [3.05, 3.63) is 72.3 Å². The molecular weight excluding hydrogens is 370 g/mol. The number of aromatic nitrogens is 2. The number of amides is 2. The first-order valence-electron chi connectivity index (χ1n) is 8.88. The van der Waals surface area contributed by atoms with Crippen molar-refractivity contribution in [1.82, 2.24) is 14.9 Å². The number of imidazole rings is 1. The largest absolute Gasteiger partial charge is 0.457 e. The molecule has 0 spiro atoms. The minimum absolute atomic E-state index is 0.311. The molecule has 0 aliphatic heterocycles. The van der Waals surface area contributed by atoms with Crippen LogP contribution in [0.2, 0.25) is 0 Å². The Morgan fingerprint density at radius 3 is 2.62 bits per heavy atom. The summed E-state index contributed by atoms with van der Waals surface area (Å²) in [5.41, 5.74) is 0.965. The molecule has 8 nitrogen and oxygen atoms in total. The second-order valence-electron chi connectivity index (χ2n) is 6.18. The van der Waals surface area contributed by atoms with E-state index in [9.17, 15) is 9.59 Å². The number of nitriles is 1. The molecule has 2 amide bonds. The SMILES string of the molecule is Cn1ccnc1CCNC(=O)C(=O)Nc1ccc(Oc2cccc(C#N)c2)cc1. The highest BCUT2D eigenvalue weighted by atomic mass is 16.5. The third-order valence-electron chi connectivity index (χ3n) is 4.07. The number of ether oxygens (including phenoxy) is 1. The third kappa shape index (κ3) is 5.43. The number of nitrogens with one attached hydrogen (secondary N) is 2. The fourth-order valence-electron chi connectivity index (χ4n) is 2.56. The number of anilines is 1. The molecule has 0 unspecified atom stereocenters. The predicted octanol–water partition coefficient (Wildman–Crippen LogP) is 2.38. The molecule has 0 atom stereocenters. The summed E-state index contributed by atoms with van der Waals surface area (Å²) in [6.07, 6.45) is 4.02. The summed E-state index contributed by atoms with van der Waals surface area (Å²) in [5.74, 6) is 0.431. The lowest BCUT2D eigenvalue weighted by Gasteiger charge is -2.09. The molecule has 0 saturated carbocycles. The average Bonchev–Trinajstić information content (AvgIpc) is 3.14. The van der Waals surface area contributed by atoms with E-state index in [1.165, 1.54) is 0 Å². The van der Waals surface area contributed by atoms with Gasteiger partial charge in [0.2, 0.25) is 0 Å². The topological polar surface area (TPSA) is 109 Å². The van der Waals surface area contributed by atoms with Crippen LogP contribution < -0.4 is 15.4 Å². The molecule has 2 N–H and O–H groups in total. The molecule has 3 aromatic rings. The Morgan fingerprint density at radius 1 is 1.14 bits per heavy atom. The summed E-state index contributed by atoms with van der Waals surface area (Å²) in [4.78, 5) is 28.1. The number of rotatable bonds is 6. The number of aryl methyl sites for hydroxylation is 1. The first kappa shape index (κ1) is 19.6. The molecule has 2 aromatic carbocycles. The van der Waals surface area contributed by atoms with Crippen molar-refractivity contribution < 1.29 is 14.3 Å². The van der Waals surface area contributed by atoms with E-state index in [1.807, 2.05) is 23.9 Å². The number of nitrogens with zero attached hydrogens (tertiary/aromatic N) is 3. The van der Waals surface area contributed by atoms with Gasteiger partial charge in [0.25, 0.3) is 0 Å². The van der Waals surface area contributed by atoms with E-state index < -0.39 is 11.8 Å². The lowest BCUT2D eigenvalue weighted by Crippen LogP contribution is -2.36. The molecule has 29 heavy (non-hydrogen) atoms. The van der Waals surface area contributed by atoms with Crippen molar-refractivity contribution in [2.75, 3.05) is 11.9 Å². The molecule has 0 aliphatic carbocycles. The van der Waals surface area contributed by atoms with E-state index in [0.717, 1.165) is 5.82 Å². The number of carbonyl (C=O) groups excluding carboxylic acids is 2. The summed E-state index contributed by atoms with van der Waals surface area (Å²) in [7, 11) is 1.87. The molecule has 8 heteroatoms. The van der Waals surface area contributed by atoms with Crippen molar-refractivity contribution in [3.63, 3.8) is 0 Å². The number of hydrogen-bond acceptors (Lipinski definition) is 5. The fourth-order valence-corrected chi connectivity index (χ4v) is 2.56. The van der Waals surface area contributed by atoms with Gasteiger partial charge in [0.05, 0.1) is 11.6 Å². The van der Waals surface area contributed by atoms with Crippen molar-refractivity contribution in [2.45, 2.75) is 6.42 Å². The summed E-state index contributed by atoms with van der Waals surface area (Å²) >= 11 is 0. The van der Waals surface area contributed by atoms with Crippen molar-refractivity contribution in [3.8, 4) is 17.6 Å². The fraction of sp³-hybridized carbons (Fsp3) is 0.143. The van der Waals surface area contributed by atoms with Gasteiger partial charge in [-0.25, -0.2) is 4.98 Å². The molecule has 146 valence electrons. The quantitative estimate of drug-likeness (QED) is 0.629. The summed E-state index contributed by atoms with van der Waals surface area (Å²) < 4.78 is 7.53. The van der Waals surface area contributed by atoms with Crippen LogP contribution in [0.25, 0.3) is 0 Å². The van der Waals surface area contributed by atoms with E-state index in [0.29, 0.717) is 35.7 Å². The second kappa shape index (κ2) is 9.19. The van der Waals surface area contributed by atoms with Gasteiger partial charge in [0.15, 0.2) is 0 Å². The normalized spacial score (nSPS) is 10.1. The minimum Gasteiger partial charge on any atom is -0.457 e. The zero-order chi connectivity index (χ0) is 20.6. The Hall–Kier alpha value is -4.12. The Labute approximate surface area is 167 Å². The predicted molar refractivity (Wildman–Crippen MR) is 106 cm³/mol. The maximum absolute atomic E-state index is 12.0. The van der Waals surface area contributed by atoms with Gasteiger partial charge in [0, 0.05) is 38.1 Å². The zero-order valence-electron chi connectivity index (χ0n) is 15.8. The van der Waals surface area contributed by atoms with Crippen LogP contribution in [0.15, 0.2) is 60.9 Å². The maximum atomic E-state index is 12.0. The van der Waals surface area contributed by atoms with Gasteiger partial charge >= 0.3 is 11.8 Å². The lowest BCUT2D eigenvalue weighted by molar-refractivity contribution is -0.136. The minimum atomic E-state index is -0.750. The second-order valence-corrected chi connectivity index (χ2v) is 6.18. The highest BCUT2D eigenvalue weighted by Gasteiger charge is 2.13. The van der Waals surface area contributed by atoms with Gasteiger partial charge in [-0.3, -0.25) is 9.59 Å². The summed E-state index contributed by atoms with van der Waals surface area (Å²) in [6.45, 7) is 0.311. The number of benzene rings is 2. The monoisotopic (exact) mass is 389 g/mol. The van der Waals surface area contributed by atoms with Gasteiger partial charge in [-0.15, -0.1) is 0 Å². The third-order valence-corrected chi connectivity index (χ3v) is 4.07. The first-order chi connectivity index (χ1) is 14.0. The Morgan fingerprint density at radius 2 is 1.93 bits per heavy atom. The van der Waals surface area contributed by atoms with E-state index in [1.54, 1.807) is 54.7 Å². The molecule has 1 heterocycles. The van der Waals surface area contributed by atoms with Gasteiger partial charge in [-0.05, 0) is 42.5 Å². The first-order valence-corrected chi connectivity index (χ1v) is 8.88. The zero-order valence-corrected chi connectivity index (χ0v) is 15.8. The van der Waals surface area contributed by atoms with Crippen LogP contribution in [0.1, 0.15) is 11.4 Å². The van der Waals surface area contributed by atoms with Crippen LogP contribution in [0, 0.1) is 11.3 Å². The molecule has 0 bridgehead atoms. The van der Waals surface area contributed by atoms with E-state index in [-0.39, 0.29) is 0 Å². The van der Waals surface area contributed by atoms with E-state index >= 15 is 0 Å². The molecule has 0 saturated heterocycles. The molecular formula is C21H19N5O3. The van der Waals surface area contributed by atoms with E-state index in [2.05, 4.69) is 15.6 Å². The lowest BCUT2D eigenvalue weighted by atomic mass is 10.2. The molecule has 1 aromatic heterocycles. The molecule has 0 aliphatic rings. The van der Waals surface area contributed by atoms with Crippen LogP contribution in [0.3, 0.4) is 0 Å². The summed E-state index contributed by atoms with van der Waals surface area (Å²) in [6, 6.07) is 15.4. The van der Waals surface area contributed by atoms with Crippen LogP contribution in [0.4, 0.5) is 5.69 Å². The summed E-state index contributed by atoms with van der Waals surface area (Å²) in [5, 5.41) is 14.0. The van der Waals surface area contributed by atoms with Crippen molar-refractivity contribution in [1.29, 1.82) is 5.26 Å². The number of carbonyl (C=O) groups is 2. The van der Waals surface area contributed by atoms with Crippen molar-refractivity contribution >= 4 is 17.5 Å². The molecule has 0 radical (unpaired) electrons. The van der Waals surface area contributed by atoms with Crippen LogP contribution in [-0.2, 0) is 23.1 Å². The maximum Gasteiger partial charge on any atom is 0.313 e. The number of hydrogen-bond donors (Lipinski definition) is 2. The van der Waals surface area contributed by atoms with Gasteiger partial charge in [0.1, 0.15) is 17.3 Å². The van der Waals surface area contributed by atoms with Gasteiger partial charge in [-0.2, -0.15) is 5.26 Å². The Bertz CT molecular complexity index is 1050. The molecule has 3 rings (SSSR count). The average molecular weight is 389 g/mol. The van der Waals surface area contributed by atoms with Crippen LogP contribution >= 0.6 is 0 Å².